The third-order valence-corrected chi connectivity index (χ3v) is 3.29. The smallest absolute Gasteiger partial charge is 0.267 e. The van der Waals surface area contributed by atoms with Gasteiger partial charge in [0, 0.05) is 17.3 Å². The number of anilines is 1. The molecule has 2 aromatic carbocycles. The fraction of sp³-hybridized carbons (Fsp3) is 0.0588. The van der Waals surface area contributed by atoms with Crippen molar-refractivity contribution in [2.24, 2.45) is 0 Å². The van der Waals surface area contributed by atoms with Crippen LogP contribution in [0.4, 0.5) is 10.1 Å². The first-order chi connectivity index (χ1) is 10.6. The lowest BCUT2D eigenvalue weighted by atomic mass is 10.1. The van der Waals surface area contributed by atoms with Gasteiger partial charge >= 0.3 is 0 Å². The molecule has 0 radical (unpaired) electrons. The molecule has 0 saturated carbocycles. The Kier molecular flexibility index (Phi) is 3.70. The third-order valence-electron chi connectivity index (χ3n) is 3.29. The minimum atomic E-state index is -0.308. The highest BCUT2D eigenvalue weighted by Crippen LogP contribution is 2.18. The van der Waals surface area contributed by atoms with Gasteiger partial charge < -0.3 is 5.73 Å². The second-order valence-corrected chi connectivity index (χ2v) is 4.97. The maximum Gasteiger partial charge on any atom is 0.267 e. The molecule has 0 amide bonds. The van der Waals surface area contributed by atoms with Crippen LogP contribution in [-0.4, -0.2) is 9.78 Å². The first-order valence-electron chi connectivity index (χ1n) is 6.80. The highest BCUT2D eigenvalue weighted by molar-refractivity contribution is 5.63. The summed E-state index contributed by atoms with van der Waals surface area (Å²) in [6, 6.07) is 16.4. The Morgan fingerprint density at radius 3 is 2.55 bits per heavy atom. The first-order valence-corrected chi connectivity index (χ1v) is 6.80. The van der Waals surface area contributed by atoms with Crippen molar-refractivity contribution in [1.82, 2.24) is 9.78 Å². The minimum Gasteiger partial charge on any atom is -0.399 e. The molecule has 0 aliphatic heterocycles. The number of halogens is 1. The summed E-state index contributed by atoms with van der Waals surface area (Å²) in [5.74, 6) is -0.308. The molecule has 4 nitrogen and oxygen atoms in total. The van der Waals surface area contributed by atoms with E-state index in [9.17, 15) is 9.18 Å². The molecule has 0 spiro atoms. The van der Waals surface area contributed by atoms with Gasteiger partial charge in [-0.05, 0) is 35.9 Å². The van der Waals surface area contributed by atoms with Crippen LogP contribution in [-0.2, 0) is 6.54 Å². The molecule has 1 heterocycles. The van der Waals surface area contributed by atoms with Crippen molar-refractivity contribution in [1.29, 1.82) is 0 Å². The maximum absolute atomic E-state index is 12.9. The van der Waals surface area contributed by atoms with Crippen LogP contribution < -0.4 is 11.3 Å². The topological polar surface area (TPSA) is 60.9 Å². The Bertz CT molecular complexity index is 856. The summed E-state index contributed by atoms with van der Waals surface area (Å²) in [6.45, 7) is 0.287. The number of benzene rings is 2. The number of rotatable bonds is 3. The molecule has 22 heavy (non-hydrogen) atoms. The molecule has 3 rings (SSSR count). The van der Waals surface area contributed by atoms with Gasteiger partial charge in [-0.15, -0.1) is 0 Å². The molecule has 1 aromatic heterocycles. The zero-order valence-corrected chi connectivity index (χ0v) is 11.7. The van der Waals surface area contributed by atoms with E-state index in [1.54, 1.807) is 30.3 Å². The summed E-state index contributed by atoms with van der Waals surface area (Å²) in [5, 5.41) is 4.36. The number of nitrogen functional groups attached to an aromatic ring is 1. The number of nitrogens with zero attached hydrogens (tertiary/aromatic N) is 2. The Morgan fingerprint density at radius 2 is 1.82 bits per heavy atom. The van der Waals surface area contributed by atoms with E-state index in [1.807, 2.05) is 12.1 Å². The van der Waals surface area contributed by atoms with Crippen LogP contribution in [0, 0.1) is 5.82 Å². The summed E-state index contributed by atoms with van der Waals surface area (Å²) in [7, 11) is 0. The monoisotopic (exact) mass is 295 g/mol. The van der Waals surface area contributed by atoms with E-state index in [0.29, 0.717) is 11.4 Å². The van der Waals surface area contributed by atoms with Gasteiger partial charge in [-0.25, -0.2) is 9.07 Å². The van der Waals surface area contributed by atoms with E-state index in [4.69, 9.17) is 5.73 Å². The van der Waals surface area contributed by atoms with Gasteiger partial charge in [-0.1, -0.05) is 24.3 Å². The third kappa shape index (κ3) is 3.03. The highest BCUT2D eigenvalue weighted by Gasteiger charge is 2.05. The lowest BCUT2D eigenvalue weighted by Crippen LogP contribution is -2.22. The van der Waals surface area contributed by atoms with Crippen LogP contribution in [0.2, 0.25) is 0 Å². The predicted molar refractivity (Wildman–Crippen MR) is 83.8 cm³/mol. The van der Waals surface area contributed by atoms with Gasteiger partial charge in [0.25, 0.3) is 5.56 Å². The molecule has 0 atom stereocenters. The molecule has 0 fully saturated rings. The summed E-state index contributed by atoms with van der Waals surface area (Å²) >= 11 is 0. The Labute approximate surface area is 126 Å². The van der Waals surface area contributed by atoms with Gasteiger partial charge in [0.1, 0.15) is 5.82 Å². The van der Waals surface area contributed by atoms with Gasteiger partial charge in [0.05, 0.1) is 12.2 Å². The maximum atomic E-state index is 12.9. The normalized spacial score (nSPS) is 10.6. The Morgan fingerprint density at radius 1 is 1.05 bits per heavy atom. The number of aromatic nitrogens is 2. The molecule has 5 heteroatoms. The molecule has 0 aliphatic carbocycles. The average Bonchev–Trinajstić information content (AvgIpc) is 2.52. The highest BCUT2D eigenvalue weighted by atomic mass is 19.1. The first kappa shape index (κ1) is 14.0. The van der Waals surface area contributed by atoms with Crippen molar-refractivity contribution in [3.05, 3.63) is 82.4 Å². The summed E-state index contributed by atoms with van der Waals surface area (Å²) in [5.41, 5.74) is 8.50. The van der Waals surface area contributed by atoms with E-state index >= 15 is 0 Å². The number of hydrogen-bond acceptors (Lipinski definition) is 3. The second-order valence-electron chi connectivity index (χ2n) is 4.97. The fourth-order valence-electron chi connectivity index (χ4n) is 2.18. The quantitative estimate of drug-likeness (QED) is 0.756. The average molecular weight is 295 g/mol. The van der Waals surface area contributed by atoms with Crippen LogP contribution in [0.1, 0.15) is 5.56 Å². The van der Waals surface area contributed by atoms with E-state index in [0.717, 1.165) is 11.1 Å². The van der Waals surface area contributed by atoms with Crippen molar-refractivity contribution in [3.63, 3.8) is 0 Å². The van der Waals surface area contributed by atoms with Crippen LogP contribution in [0.25, 0.3) is 11.3 Å². The van der Waals surface area contributed by atoms with Crippen molar-refractivity contribution < 1.29 is 4.39 Å². The van der Waals surface area contributed by atoms with E-state index in [1.165, 1.54) is 22.9 Å². The minimum absolute atomic E-state index is 0.211. The van der Waals surface area contributed by atoms with Crippen LogP contribution in [0.5, 0.6) is 0 Å². The van der Waals surface area contributed by atoms with E-state index < -0.39 is 0 Å². The van der Waals surface area contributed by atoms with Crippen LogP contribution >= 0.6 is 0 Å². The summed E-state index contributed by atoms with van der Waals surface area (Å²) in [6.07, 6.45) is 0. The number of hydrogen-bond donors (Lipinski definition) is 1. The lowest BCUT2D eigenvalue weighted by molar-refractivity contribution is 0.620. The molecule has 0 aliphatic rings. The Balaban J connectivity index is 1.96. The molecule has 2 N–H and O–H groups in total. The van der Waals surface area contributed by atoms with Crippen LogP contribution in [0.15, 0.2) is 65.5 Å². The van der Waals surface area contributed by atoms with E-state index in [2.05, 4.69) is 5.10 Å². The molecule has 0 unspecified atom stereocenters. The zero-order chi connectivity index (χ0) is 15.5. The van der Waals surface area contributed by atoms with Crippen LogP contribution in [0.3, 0.4) is 0 Å². The number of nitrogens with two attached hydrogens (primary N) is 1. The molecule has 3 aromatic rings. The van der Waals surface area contributed by atoms with Gasteiger partial charge in [-0.3, -0.25) is 4.79 Å². The van der Waals surface area contributed by atoms with Crippen molar-refractivity contribution in [3.8, 4) is 11.3 Å². The van der Waals surface area contributed by atoms with Gasteiger partial charge in [0.15, 0.2) is 0 Å². The molecule has 0 bridgehead atoms. The van der Waals surface area contributed by atoms with Gasteiger partial charge in [0.2, 0.25) is 0 Å². The molecular formula is C17H14FN3O. The van der Waals surface area contributed by atoms with Crippen molar-refractivity contribution in [2.75, 3.05) is 5.73 Å². The fourth-order valence-corrected chi connectivity index (χ4v) is 2.18. The molecule has 0 saturated heterocycles. The Hall–Kier alpha value is -2.95. The zero-order valence-electron chi connectivity index (χ0n) is 11.7. The SMILES string of the molecule is Nc1cccc(-c2ccc(=O)n(Cc3ccc(F)cc3)n2)c1. The standard InChI is InChI=1S/C17H14FN3O/c18-14-6-4-12(5-7-14)11-21-17(22)9-8-16(20-21)13-2-1-3-15(19)10-13/h1-10H,11,19H2. The molecule has 110 valence electrons. The molecular weight excluding hydrogens is 281 g/mol. The van der Waals surface area contributed by atoms with Crippen molar-refractivity contribution >= 4 is 5.69 Å². The van der Waals surface area contributed by atoms with E-state index in [-0.39, 0.29) is 17.9 Å². The largest absolute Gasteiger partial charge is 0.399 e. The summed E-state index contributed by atoms with van der Waals surface area (Å²) in [4.78, 5) is 11.9. The van der Waals surface area contributed by atoms with Gasteiger partial charge in [-0.2, -0.15) is 5.10 Å². The van der Waals surface area contributed by atoms with Crippen molar-refractivity contribution in [2.45, 2.75) is 6.54 Å². The second kappa shape index (κ2) is 5.81. The summed E-state index contributed by atoms with van der Waals surface area (Å²) < 4.78 is 14.3. The predicted octanol–water partition coefficient (Wildman–Crippen LogP) is 2.68. The lowest BCUT2D eigenvalue weighted by Gasteiger charge is -2.08.